The molecular formula is C12H22N2O. The van der Waals surface area contributed by atoms with Crippen LogP contribution in [0.25, 0.3) is 0 Å². The van der Waals surface area contributed by atoms with E-state index >= 15 is 0 Å². The van der Waals surface area contributed by atoms with Crippen molar-refractivity contribution >= 4 is 0 Å². The molecule has 2 N–H and O–H groups in total. The van der Waals surface area contributed by atoms with Gasteiger partial charge >= 0.3 is 0 Å². The Morgan fingerprint density at radius 2 is 2.20 bits per heavy atom. The first-order chi connectivity index (χ1) is 6.87. The Morgan fingerprint density at radius 3 is 2.73 bits per heavy atom. The van der Waals surface area contributed by atoms with Crippen LogP contribution in [0.3, 0.4) is 0 Å². The molecule has 1 rings (SSSR count). The molecule has 0 amide bonds. The third-order valence-electron chi connectivity index (χ3n) is 3.08. The number of nitriles is 1. The molecule has 1 aliphatic carbocycles. The van der Waals surface area contributed by atoms with Crippen LogP contribution in [0, 0.1) is 17.2 Å². The van der Waals surface area contributed by atoms with E-state index in [1.165, 1.54) is 0 Å². The SMILES string of the molecule is CC(C)(C)OCCC1CCCC1(N)C#N. The van der Waals surface area contributed by atoms with Crippen molar-refractivity contribution in [2.45, 2.75) is 57.6 Å². The maximum absolute atomic E-state index is 9.04. The minimum absolute atomic E-state index is 0.0947. The number of nitrogens with two attached hydrogens (primary N) is 1. The van der Waals surface area contributed by atoms with Crippen LogP contribution in [-0.2, 0) is 4.74 Å². The summed E-state index contributed by atoms with van der Waals surface area (Å²) in [6.45, 7) is 6.83. The molecule has 0 heterocycles. The van der Waals surface area contributed by atoms with Crippen LogP contribution in [0.15, 0.2) is 0 Å². The lowest BCUT2D eigenvalue weighted by Crippen LogP contribution is -2.42. The Labute approximate surface area is 92.6 Å². The van der Waals surface area contributed by atoms with Crippen molar-refractivity contribution in [3.8, 4) is 6.07 Å². The molecule has 0 aliphatic heterocycles. The molecule has 2 atom stereocenters. The molecule has 15 heavy (non-hydrogen) atoms. The van der Waals surface area contributed by atoms with E-state index in [1.807, 2.05) is 20.8 Å². The van der Waals surface area contributed by atoms with Gasteiger partial charge in [-0.3, -0.25) is 0 Å². The lowest BCUT2D eigenvalue weighted by molar-refractivity contribution is -0.0108. The van der Waals surface area contributed by atoms with Crippen LogP contribution >= 0.6 is 0 Å². The Balaban J connectivity index is 2.37. The number of hydrogen-bond acceptors (Lipinski definition) is 3. The fraction of sp³-hybridized carbons (Fsp3) is 0.917. The smallest absolute Gasteiger partial charge is 0.107 e. The van der Waals surface area contributed by atoms with Crippen LogP contribution in [-0.4, -0.2) is 17.7 Å². The van der Waals surface area contributed by atoms with E-state index in [0.29, 0.717) is 12.5 Å². The largest absolute Gasteiger partial charge is 0.376 e. The summed E-state index contributed by atoms with van der Waals surface area (Å²) >= 11 is 0. The van der Waals surface area contributed by atoms with Gasteiger partial charge in [0.15, 0.2) is 0 Å². The van der Waals surface area contributed by atoms with Crippen molar-refractivity contribution in [2.75, 3.05) is 6.61 Å². The van der Waals surface area contributed by atoms with Crippen molar-refractivity contribution < 1.29 is 4.74 Å². The molecule has 0 aromatic heterocycles. The first-order valence-corrected chi connectivity index (χ1v) is 5.71. The number of ether oxygens (including phenoxy) is 1. The van der Waals surface area contributed by atoms with E-state index < -0.39 is 5.54 Å². The molecule has 1 fully saturated rings. The summed E-state index contributed by atoms with van der Waals surface area (Å²) in [5.74, 6) is 0.310. The van der Waals surface area contributed by atoms with Gasteiger partial charge in [0.1, 0.15) is 5.54 Å². The molecule has 86 valence electrons. The normalized spacial score (nSPS) is 31.5. The second kappa shape index (κ2) is 4.51. The maximum Gasteiger partial charge on any atom is 0.107 e. The minimum Gasteiger partial charge on any atom is -0.376 e. The molecule has 1 saturated carbocycles. The summed E-state index contributed by atoms with van der Waals surface area (Å²) < 4.78 is 5.66. The van der Waals surface area contributed by atoms with Gasteiger partial charge in [0, 0.05) is 6.61 Å². The summed E-state index contributed by atoms with van der Waals surface area (Å²) in [6.07, 6.45) is 3.88. The van der Waals surface area contributed by atoms with Crippen LogP contribution in [0.2, 0.25) is 0 Å². The summed E-state index contributed by atoms with van der Waals surface area (Å²) in [4.78, 5) is 0. The van der Waals surface area contributed by atoms with E-state index in [4.69, 9.17) is 15.7 Å². The Kier molecular flexibility index (Phi) is 3.75. The minimum atomic E-state index is -0.596. The Morgan fingerprint density at radius 1 is 1.53 bits per heavy atom. The van der Waals surface area contributed by atoms with E-state index in [-0.39, 0.29) is 5.60 Å². The first kappa shape index (κ1) is 12.5. The van der Waals surface area contributed by atoms with Gasteiger partial charge in [-0.2, -0.15) is 5.26 Å². The molecule has 1 aliphatic rings. The van der Waals surface area contributed by atoms with E-state index in [0.717, 1.165) is 25.7 Å². The third kappa shape index (κ3) is 3.48. The second-order valence-corrected chi connectivity index (χ2v) is 5.49. The van der Waals surface area contributed by atoms with Gasteiger partial charge in [0.05, 0.1) is 11.7 Å². The highest BCUT2D eigenvalue weighted by Crippen LogP contribution is 2.35. The second-order valence-electron chi connectivity index (χ2n) is 5.49. The molecule has 0 spiro atoms. The van der Waals surface area contributed by atoms with Gasteiger partial charge in [0.25, 0.3) is 0 Å². The highest BCUT2D eigenvalue weighted by atomic mass is 16.5. The molecule has 2 unspecified atom stereocenters. The van der Waals surface area contributed by atoms with Gasteiger partial charge in [-0.25, -0.2) is 0 Å². The predicted molar refractivity (Wildman–Crippen MR) is 60.2 cm³/mol. The summed E-state index contributed by atoms with van der Waals surface area (Å²) in [5, 5.41) is 9.04. The molecule has 3 nitrogen and oxygen atoms in total. The highest BCUT2D eigenvalue weighted by Gasteiger charge is 2.39. The quantitative estimate of drug-likeness (QED) is 0.777. The van der Waals surface area contributed by atoms with Crippen molar-refractivity contribution in [1.29, 1.82) is 5.26 Å². The van der Waals surface area contributed by atoms with E-state index in [9.17, 15) is 0 Å². The van der Waals surface area contributed by atoms with E-state index in [2.05, 4.69) is 6.07 Å². The lowest BCUT2D eigenvalue weighted by Gasteiger charge is -2.26. The van der Waals surface area contributed by atoms with Crippen molar-refractivity contribution in [3.63, 3.8) is 0 Å². The van der Waals surface area contributed by atoms with Crippen molar-refractivity contribution in [3.05, 3.63) is 0 Å². The summed E-state index contributed by atoms with van der Waals surface area (Å²) in [5.41, 5.74) is 5.35. The zero-order valence-corrected chi connectivity index (χ0v) is 10.0. The lowest BCUT2D eigenvalue weighted by atomic mass is 9.87. The predicted octanol–water partition coefficient (Wildman–Crippen LogP) is 2.21. The average molecular weight is 210 g/mol. The van der Waals surface area contributed by atoms with Gasteiger partial charge in [-0.1, -0.05) is 6.42 Å². The van der Waals surface area contributed by atoms with E-state index in [1.54, 1.807) is 0 Å². The molecule has 3 heteroatoms. The monoisotopic (exact) mass is 210 g/mol. The average Bonchev–Trinajstić information content (AvgIpc) is 2.47. The molecular weight excluding hydrogens is 188 g/mol. The van der Waals surface area contributed by atoms with Gasteiger partial charge in [-0.05, 0) is 46.0 Å². The van der Waals surface area contributed by atoms with Crippen LogP contribution in [0.1, 0.15) is 46.5 Å². The van der Waals surface area contributed by atoms with Crippen LogP contribution in [0.4, 0.5) is 0 Å². The number of hydrogen-bond donors (Lipinski definition) is 1. The van der Waals surface area contributed by atoms with Crippen molar-refractivity contribution in [2.24, 2.45) is 11.7 Å². The third-order valence-corrected chi connectivity index (χ3v) is 3.08. The fourth-order valence-corrected chi connectivity index (χ4v) is 2.16. The molecule has 0 aromatic carbocycles. The van der Waals surface area contributed by atoms with Gasteiger partial charge in [-0.15, -0.1) is 0 Å². The van der Waals surface area contributed by atoms with Crippen LogP contribution in [0.5, 0.6) is 0 Å². The molecule has 0 saturated heterocycles. The topological polar surface area (TPSA) is 59.0 Å². The van der Waals surface area contributed by atoms with Gasteiger partial charge < -0.3 is 10.5 Å². The Hall–Kier alpha value is -0.590. The zero-order chi connectivity index (χ0) is 11.5. The zero-order valence-electron chi connectivity index (χ0n) is 10.0. The standard InChI is InChI=1S/C12H22N2O/c1-11(2,3)15-8-6-10-5-4-7-12(10,14)9-13/h10H,4-8,14H2,1-3H3. The first-order valence-electron chi connectivity index (χ1n) is 5.71. The highest BCUT2D eigenvalue weighted by molar-refractivity contribution is 5.11. The molecule has 0 bridgehead atoms. The summed E-state index contributed by atoms with van der Waals surface area (Å²) in [7, 11) is 0. The number of nitrogens with zero attached hydrogens (tertiary/aromatic N) is 1. The van der Waals surface area contributed by atoms with Gasteiger partial charge in [0.2, 0.25) is 0 Å². The summed E-state index contributed by atoms with van der Waals surface area (Å²) in [6, 6.07) is 2.26. The molecule has 0 radical (unpaired) electrons. The maximum atomic E-state index is 9.04. The fourth-order valence-electron chi connectivity index (χ4n) is 2.16. The Bertz CT molecular complexity index is 251. The number of rotatable bonds is 3. The van der Waals surface area contributed by atoms with Crippen molar-refractivity contribution in [1.82, 2.24) is 0 Å². The van der Waals surface area contributed by atoms with Crippen LogP contribution < -0.4 is 5.73 Å². The molecule has 0 aromatic rings.